The third-order valence-corrected chi connectivity index (χ3v) is 5.81. The maximum atomic E-state index is 13.6. The molecule has 0 bridgehead atoms. The maximum absolute atomic E-state index is 13.6. The minimum Gasteiger partial charge on any atom is -0.207 e. The monoisotopic (exact) mass is 355 g/mol. The molecule has 0 spiro atoms. The van der Waals surface area contributed by atoms with E-state index in [0.717, 1.165) is 37.2 Å². The highest BCUT2D eigenvalue weighted by atomic mass is 19.1. The molecule has 3 rings (SSSR count). The highest BCUT2D eigenvalue weighted by Crippen LogP contribution is 2.36. The standard InChI is InChI=1S/C24H29F2/c1-17-7-11-21(12-8-17)22-13-9-19(10-14-22)5-3-4-6-20-15-23(25)18(2)24(26)16-20/h9-10,13-16,21H,3-8,11-12H2,1-2H3. The van der Waals surface area contributed by atoms with Crippen molar-refractivity contribution in [2.45, 2.75) is 71.1 Å². The Hall–Kier alpha value is -1.70. The van der Waals surface area contributed by atoms with Crippen molar-refractivity contribution < 1.29 is 8.78 Å². The Morgan fingerprint density at radius 3 is 1.92 bits per heavy atom. The number of unbranched alkanes of at least 4 members (excludes halogenated alkanes) is 1. The summed E-state index contributed by atoms with van der Waals surface area (Å²) in [7, 11) is 0. The Kier molecular flexibility index (Phi) is 6.45. The zero-order valence-electron chi connectivity index (χ0n) is 16.0. The second-order valence-electron chi connectivity index (χ2n) is 7.86. The van der Waals surface area contributed by atoms with Gasteiger partial charge in [0.15, 0.2) is 0 Å². The van der Waals surface area contributed by atoms with E-state index in [1.54, 1.807) is 5.92 Å². The lowest BCUT2D eigenvalue weighted by Gasteiger charge is -2.26. The first-order valence-electron chi connectivity index (χ1n) is 9.87. The molecule has 2 aromatic carbocycles. The minimum atomic E-state index is -0.439. The van der Waals surface area contributed by atoms with Crippen molar-refractivity contribution in [2.24, 2.45) is 0 Å². The van der Waals surface area contributed by atoms with Crippen LogP contribution >= 0.6 is 0 Å². The van der Waals surface area contributed by atoms with Gasteiger partial charge in [-0.15, -0.1) is 0 Å². The number of hydrogen-bond acceptors (Lipinski definition) is 0. The maximum Gasteiger partial charge on any atom is 0.129 e. The molecule has 0 N–H and O–H groups in total. The first-order chi connectivity index (χ1) is 12.5. The van der Waals surface area contributed by atoms with Crippen LogP contribution in [0.2, 0.25) is 0 Å². The van der Waals surface area contributed by atoms with Crippen LogP contribution in [0, 0.1) is 24.5 Å². The highest BCUT2D eigenvalue weighted by Gasteiger charge is 2.19. The predicted octanol–water partition coefficient (Wildman–Crippen LogP) is 7.09. The number of benzene rings is 2. The van der Waals surface area contributed by atoms with Crippen LogP contribution in [0.3, 0.4) is 0 Å². The molecule has 0 aliphatic heterocycles. The fourth-order valence-corrected chi connectivity index (χ4v) is 3.90. The quantitative estimate of drug-likeness (QED) is 0.485. The molecular weight excluding hydrogens is 326 g/mol. The summed E-state index contributed by atoms with van der Waals surface area (Å²) in [6.45, 7) is 3.75. The van der Waals surface area contributed by atoms with Crippen LogP contribution in [0.4, 0.5) is 8.78 Å². The van der Waals surface area contributed by atoms with Crippen LogP contribution in [0.25, 0.3) is 0 Å². The Balaban J connectivity index is 1.45. The van der Waals surface area contributed by atoms with Gasteiger partial charge < -0.3 is 0 Å². The Morgan fingerprint density at radius 1 is 0.808 bits per heavy atom. The molecule has 139 valence electrons. The first kappa shape index (κ1) is 19.1. The summed E-state index contributed by atoms with van der Waals surface area (Å²) in [6.07, 6.45) is 8.84. The fraction of sp³-hybridized carbons (Fsp3) is 0.458. The molecule has 0 aromatic heterocycles. The van der Waals surface area contributed by atoms with E-state index >= 15 is 0 Å². The molecule has 2 heteroatoms. The molecule has 1 saturated carbocycles. The van der Waals surface area contributed by atoms with Crippen molar-refractivity contribution in [2.75, 3.05) is 0 Å². The van der Waals surface area contributed by atoms with Gasteiger partial charge in [0.1, 0.15) is 11.6 Å². The van der Waals surface area contributed by atoms with E-state index in [9.17, 15) is 8.78 Å². The van der Waals surface area contributed by atoms with Crippen molar-refractivity contribution in [3.63, 3.8) is 0 Å². The summed E-state index contributed by atoms with van der Waals surface area (Å²) in [5.41, 5.74) is 3.70. The lowest BCUT2D eigenvalue weighted by Crippen LogP contribution is -2.09. The third-order valence-electron chi connectivity index (χ3n) is 5.81. The van der Waals surface area contributed by atoms with E-state index in [0.29, 0.717) is 0 Å². The average molecular weight is 355 g/mol. The zero-order valence-corrected chi connectivity index (χ0v) is 16.0. The van der Waals surface area contributed by atoms with Crippen LogP contribution in [0.5, 0.6) is 0 Å². The summed E-state index contributed by atoms with van der Waals surface area (Å²) in [5, 5.41) is 0. The number of hydrogen-bond donors (Lipinski definition) is 0. The second kappa shape index (κ2) is 8.79. The lowest BCUT2D eigenvalue weighted by molar-refractivity contribution is 0.472. The van der Waals surface area contributed by atoms with Crippen LogP contribution < -0.4 is 0 Å². The SMILES string of the molecule is C[C]1CCC(c2ccc(CCCCc3cc(F)c(C)c(F)c3)cc2)CC1. The molecule has 1 aliphatic carbocycles. The van der Waals surface area contributed by atoms with Crippen LogP contribution in [-0.4, -0.2) is 0 Å². The summed E-state index contributed by atoms with van der Waals surface area (Å²) < 4.78 is 27.2. The van der Waals surface area contributed by atoms with Crippen molar-refractivity contribution in [1.29, 1.82) is 0 Å². The molecule has 1 aliphatic rings. The summed E-state index contributed by atoms with van der Waals surface area (Å²) in [6, 6.07) is 12.0. The topological polar surface area (TPSA) is 0 Å². The van der Waals surface area contributed by atoms with Crippen molar-refractivity contribution in [1.82, 2.24) is 0 Å². The van der Waals surface area contributed by atoms with Gasteiger partial charge in [-0.2, -0.15) is 0 Å². The molecule has 2 aromatic rings. The van der Waals surface area contributed by atoms with Gasteiger partial charge in [0.25, 0.3) is 0 Å². The number of halogens is 2. The van der Waals surface area contributed by atoms with E-state index in [1.807, 2.05) is 0 Å². The number of aryl methyl sites for hydroxylation is 2. The van der Waals surface area contributed by atoms with Crippen molar-refractivity contribution in [3.05, 3.63) is 76.2 Å². The van der Waals surface area contributed by atoms with Gasteiger partial charge in [-0.1, -0.05) is 31.2 Å². The molecule has 0 saturated heterocycles. The highest BCUT2D eigenvalue weighted by molar-refractivity contribution is 5.27. The molecule has 0 nitrogen and oxygen atoms in total. The summed E-state index contributed by atoms with van der Waals surface area (Å²) in [5.74, 6) is 1.49. The molecule has 1 radical (unpaired) electrons. The fourth-order valence-electron chi connectivity index (χ4n) is 3.90. The molecule has 0 heterocycles. The largest absolute Gasteiger partial charge is 0.207 e. The molecular formula is C24H29F2. The van der Waals surface area contributed by atoms with Crippen LogP contribution in [-0.2, 0) is 12.8 Å². The van der Waals surface area contributed by atoms with E-state index in [-0.39, 0.29) is 5.56 Å². The van der Waals surface area contributed by atoms with Gasteiger partial charge in [-0.05, 0) is 98.9 Å². The molecule has 0 unspecified atom stereocenters. The Morgan fingerprint density at radius 2 is 1.35 bits per heavy atom. The van der Waals surface area contributed by atoms with E-state index in [2.05, 4.69) is 31.2 Å². The van der Waals surface area contributed by atoms with E-state index in [4.69, 9.17) is 0 Å². The lowest BCUT2D eigenvalue weighted by atomic mass is 9.79. The van der Waals surface area contributed by atoms with Gasteiger partial charge >= 0.3 is 0 Å². The van der Waals surface area contributed by atoms with Gasteiger partial charge in [-0.25, -0.2) is 8.78 Å². The summed E-state index contributed by atoms with van der Waals surface area (Å²) >= 11 is 0. The van der Waals surface area contributed by atoms with Gasteiger partial charge in [0.05, 0.1) is 0 Å². The van der Waals surface area contributed by atoms with Gasteiger partial charge in [-0.3, -0.25) is 0 Å². The van der Waals surface area contributed by atoms with E-state index in [1.165, 1.54) is 55.9 Å². The Bertz CT molecular complexity index is 686. The van der Waals surface area contributed by atoms with E-state index < -0.39 is 11.6 Å². The normalized spacial score (nSPS) is 16.2. The van der Waals surface area contributed by atoms with Crippen molar-refractivity contribution in [3.8, 4) is 0 Å². The summed E-state index contributed by atoms with van der Waals surface area (Å²) in [4.78, 5) is 0. The zero-order chi connectivity index (χ0) is 18.5. The smallest absolute Gasteiger partial charge is 0.129 e. The van der Waals surface area contributed by atoms with Crippen LogP contribution in [0.1, 0.15) is 73.6 Å². The van der Waals surface area contributed by atoms with Crippen molar-refractivity contribution >= 4 is 0 Å². The third kappa shape index (κ3) is 4.93. The first-order valence-corrected chi connectivity index (χ1v) is 9.87. The van der Waals surface area contributed by atoms with Crippen LogP contribution in [0.15, 0.2) is 36.4 Å². The van der Waals surface area contributed by atoms with Gasteiger partial charge in [0, 0.05) is 5.56 Å². The molecule has 1 fully saturated rings. The predicted molar refractivity (Wildman–Crippen MR) is 104 cm³/mol. The second-order valence-corrected chi connectivity index (χ2v) is 7.86. The molecule has 0 amide bonds. The van der Waals surface area contributed by atoms with Gasteiger partial charge in [0.2, 0.25) is 0 Å². The molecule has 0 atom stereocenters. The molecule has 26 heavy (non-hydrogen) atoms. The Labute approximate surface area is 156 Å². The average Bonchev–Trinajstić information content (AvgIpc) is 2.64. The minimum absolute atomic E-state index is 0.111. The number of rotatable bonds is 6.